The van der Waals surface area contributed by atoms with E-state index in [1.54, 1.807) is 0 Å². The Bertz CT molecular complexity index is 1080. The molecule has 0 atom stereocenters. The van der Waals surface area contributed by atoms with Gasteiger partial charge in [0.1, 0.15) is 11.6 Å². The summed E-state index contributed by atoms with van der Waals surface area (Å²) in [7, 11) is 1.92. The lowest BCUT2D eigenvalue weighted by atomic mass is 10.0. The summed E-state index contributed by atoms with van der Waals surface area (Å²) in [6, 6.07) is 16.5. The van der Waals surface area contributed by atoms with Crippen molar-refractivity contribution in [3.8, 4) is 16.9 Å². The van der Waals surface area contributed by atoms with Gasteiger partial charge in [0.2, 0.25) is 5.91 Å². The summed E-state index contributed by atoms with van der Waals surface area (Å²) in [5.74, 6) is 1.89. The van der Waals surface area contributed by atoms with E-state index in [9.17, 15) is 4.79 Å². The van der Waals surface area contributed by atoms with Crippen LogP contribution >= 0.6 is 11.9 Å². The highest BCUT2D eigenvalue weighted by Crippen LogP contribution is 2.31. The fourth-order valence-electron chi connectivity index (χ4n) is 3.30. The summed E-state index contributed by atoms with van der Waals surface area (Å²) >= 11 is 1.49. The Balaban J connectivity index is 0.000000260. The highest BCUT2D eigenvalue weighted by Gasteiger charge is 2.07. The van der Waals surface area contributed by atoms with Crippen LogP contribution < -0.4 is 20.1 Å². The summed E-state index contributed by atoms with van der Waals surface area (Å²) in [6.45, 7) is 10.9. The third kappa shape index (κ3) is 12.4. The maximum absolute atomic E-state index is 10.7. The molecule has 1 aliphatic rings. The quantitative estimate of drug-likeness (QED) is 0.204. The van der Waals surface area contributed by atoms with Gasteiger partial charge in [0.05, 0.1) is 6.10 Å². The SMILES string of the molecule is C=C1/C=C\C/C=C\CC(=NCCCNC(C)=O)NS1.CNc1ccc(-c2ccccc2OC(C)C)cc1. The van der Waals surface area contributed by atoms with Gasteiger partial charge in [0, 0.05) is 49.6 Å². The van der Waals surface area contributed by atoms with Crippen molar-refractivity contribution >= 4 is 29.4 Å². The molecule has 2 aromatic rings. The Kier molecular flexibility index (Phi) is 13.7. The lowest BCUT2D eigenvalue weighted by molar-refractivity contribution is -0.118. The third-order valence-corrected chi connectivity index (χ3v) is 5.84. The largest absolute Gasteiger partial charge is 0.490 e. The number of nitrogens with zero attached hydrogens (tertiary/aromatic N) is 1. The molecule has 3 N–H and O–H groups in total. The van der Waals surface area contributed by atoms with E-state index in [1.807, 2.05) is 45.2 Å². The molecular weight excluding hydrogens is 480 g/mol. The molecule has 0 bridgehead atoms. The van der Waals surface area contributed by atoms with Crippen LogP contribution in [0.2, 0.25) is 0 Å². The van der Waals surface area contributed by atoms with E-state index in [0.29, 0.717) is 13.1 Å². The van der Waals surface area contributed by atoms with Crippen LogP contribution in [0.25, 0.3) is 11.1 Å². The first-order chi connectivity index (χ1) is 17.9. The molecule has 0 aromatic heterocycles. The monoisotopic (exact) mass is 520 g/mol. The molecule has 0 fully saturated rings. The molecule has 6 nitrogen and oxygen atoms in total. The van der Waals surface area contributed by atoms with Crippen molar-refractivity contribution in [1.29, 1.82) is 0 Å². The standard InChI is InChI=1S/C16H19NO.C14H21N3OS/c1-12(2)18-16-7-5-4-6-15(16)13-8-10-14(17-3)11-9-13;1-12-8-5-3-4-6-9-14(17-19-12)16-11-7-10-15-13(2)18/h4-12,17H,1-3H3;4-6,8H,1,3,7,9-11H2,2H3,(H,15,18)(H,16,17)/b;6-4-,8-5-. The maximum Gasteiger partial charge on any atom is 0.216 e. The predicted molar refractivity (Wildman–Crippen MR) is 160 cm³/mol. The molecule has 0 radical (unpaired) electrons. The summed E-state index contributed by atoms with van der Waals surface area (Å²) < 4.78 is 9.06. The van der Waals surface area contributed by atoms with Gasteiger partial charge in [-0.05, 0) is 62.4 Å². The molecule has 37 heavy (non-hydrogen) atoms. The number of carbonyl (C=O) groups is 1. The minimum absolute atomic E-state index is 0.00560. The zero-order chi connectivity index (χ0) is 26.9. The Morgan fingerprint density at radius 2 is 1.89 bits per heavy atom. The van der Waals surface area contributed by atoms with Gasteiger partial charge >= 0.3 is 0 Å². The number of carbonyl (C=O) groups excluding carboxylic acids is 1. The van der Waals surface area contributed by atoms with Gasteiger partial charge in [-0.3, -0.25) is 9.79 Å². The minimum atomic E-state index is 0.00560. The number of rotatable bonds is 8. The van der Waals surface area contributed by atoms with Crippen molar-refractivity contribution in [2.24, 2.45) is 4.99 Å². The molecular formula is C30H40N4O2S. The summed E-state index contributed by atoms with van der Waals surface area (Å²) in [5.41, 5.74) is 3.42. The average molecular weight is 521 g/mol. The normalized spacial score (nSPS) is 16.1. The van der Waals surface area contributed by atoms with Crippen LogP contribution in [-0.4, -0.2) is 38.0 Å². The summed E-state index contributed by atoms with van der Waals surface area (Å²) in [4.78, 5) is 16.2. The van der Waals surface area contributed by atoms with Crippen molar-refractivity contribution in [3.63, 3.8) is 0 Å². The number of anilines is 1. The highest BCUT2D eigenvalue weighted by atomic mass is 32.2. The van der Waals surface area contributed by atoms with Gasteiger partial charge in [0.25, 0.3) is 0 Å². The molecule has 3 rings (SSSR count). The van der Waals surface area contributed by atoms with E-state index in [1.165, 1.54) is 24.4 Å². The smallest absolute Gasteiger partial charge is 0.216 e. The third-order valence-electron chi connectivity index (χ3n) is 5.10. The molecule has 2 aromatic carbocycles. The minimum Gasteiger partial charge on any atom is -0.490 e. The van der Waals surface area contributed by atoms with E-state index in [4.69, 9.17) is 4.74 Å². The first-order valence-electron chi connectivity index (χ1n) is 12.6. The highest BCUT2D eigenvalue weighted by molar-refractivity contribution is 8.01. The van der Waals surface area contributed by atoms with Crippen LogP contribution in [0.5, 0.6) is 5.75 Å². The topological polar surface area (TPSA) is 74.8 Å². The average Bonchev–Trinajstić information content (AvgIpc) is 2.89. The molecule has 1 heterocycles. The van der Waals surface area contributed by atoms with Gasteiger partial charge in [-0.1, -0.05) is 61.2 Å². The molecule has 1 aliphatic heterocycles. The molecule has 0 saturated heterocycles. The molecule has 198 valence electrons. The predicted octanol–water partition coefficient (Wildman–Crippen LogP) is 6.75. The van der Waals surface area contributed by atoms with Gasteiger partial charge in [-0.25, -0.2) is 0 Å². The second kappa shape index (κ2) is 17.1. The van der Waals surface area contributed by atoms with Crippen molar-refractivity contribution in [1.82, 2.24) is 10.0 Å². The van der Waals surface area contributed by atoms with Crippen molar-refractivity contribution in [2.75, 3.05) is 25.5 Å². The molecule has 7 heteroatoms. The summed E-state index contributed by atoms with van der Waals surface area (Å²) in [6.07, 6.45) is 11.1. The molecule has 0 aliphatic carbocycles. The molecule has 0 unspecified atom stereocenters. The number of hydrogen-bond donors (Lipinski definition) is 3. The van der Waals surface area contributed by atoms with Crippen LogP contribution in [0.3, 0.4) is 0 Å². The Labute approximate surface area is 226 Å². The number of hydrogen-bond acceptors (Lipinski definition) is 5. The number of amides is 1. The molecule has 0 saturated carbocycles. The number of allylic oxidation sites excluding steroid dienone is 3. The summed E-state index contributed by atoms with van der Waals surface area (Å²) in [5, 5.41) is 5.88. The van der Waals surface area contributed by atoms with E-state index in [2.05, 4.69) is 75.5 Å². The van der Waals surface area contributed by atoms with E-state index >= 15 is 0 Å². The lowest BCUT2D eigenvalue weighted by Gasteiger charge is -2.14. The first-order valence-corrected chi connectivity index (χ1v) is 13.5. The van der Waals surface area contributed by atoms with Gasteiger partial charge in [-0.2, -0.15) is 0 Å². The number of aliphatic imine (C=N–C) groups is 1. The van der Waals surface area contributed by atoms with Crippen LogP contribution in [0.4, 0.5) is 5.69 Å². The Morgan fingerprint density at radius 3 is 2.59 bits per heavy atom. The fraction of sp³-hybridized carbons (Fsp3) is 0.333. The Hall–Kier alpha value is -3.45. The molecule has 1 amide bonds. The van der Waals surface area contributed by atoms with Crippen LogP contribution in [0.15, 0.2) is 89.3 Å². The second-order valence-electron chi connectivity index (χ2n) is 8.64. The number of amidine groups is 1. The van der Waals surface area contributed by atoms with Crippen LogP contribution in [0, 0.1) is 0 Å². The van der Waals surface area contributed by atoms with Crippen molar-refractivity contribution < 1.29 is 9.53 Å². The number of benzene rings is 2. The van der Waals surface area contributed by atoms with Crippen molar-refractivity contribution in [2.45, 2.75) is 46.1 Å². The van der Waals surface area contributed by atoms with Gasteiger partial charge < -0.3 is 20.1 Å². The zero-order valence-electron chi connectivity index (χ0n) is 22.4. The van der Waals surface area contributed by atoms with E-state index in [-0.39, 0.29) is 12.0 Å². The Morgan fingerprint density at radius 1 is 1.14 bits per heavy atom. The van der Waals surface area contributed by atoms with Gasteiger partial charge in [-0.15, -0.1) is 0 Å². The van der Waals surface area contributed by atoms with Crippen LogP contribution in [0.1, 0.15) is 40.0 Å². The second-order valence-corrected chi connectivity index (χ2v) is 9.57. The zero-order valence-corrected chi connectivity index (χ0v) is 23.2. The van der Waals surface area contributed by atoms with E-state index < -0.39 is 0 Å². The fourth-order valence-corrected chi connectivity index (χ4v) is 3.86. The molecule has 0 spiro atoms. The van der Waals surface area contributed by atoms with Gasteiger partial charge in [0.15, 0.2) is 0 Å². The number of nitrogens with one attached hydrogen (secondary N) is 3. The maximum atomic E-state index is 10.7. The number of ether oxygens (including phenoxy) is 1. The first kappa shape index (κ1) is 29.8. The lowest BCUT2D eigenvalue weighted by Crippen LogP contribution is -2.22. The van der Waals surface area contributed by atoms with E-state index in [0.717, 1.165) is 47.0 Å². The van der Waals surface area contributed by atoms with Crippen LogP contribution in [-0.2, 0) is 4.79 Å². The number of para-hydroxylation sites is 1. The van der Waals surface area contributed by atoms with Crippen molar-refractivity contribution in [3.05, 3.63) is 84.3 Å².